The second kappa shape index (κ2) is 9.23. The van der Waals surface area contributed by atoms with Crippen LogP contribution in [0.3, 0.4) is 0 Å². The molecule has 1 fully saturated rings. The van der Waals surface area contributed by atoms with E-state index in [2.05, 4.69) is 101 Å². The molecule has 0 bridgehead atoms. The molecule has 1 atom stereocenters. The molecule has 0 amide bonds. The van der Waals surface area contributed by atoms with E-state index < -0.39 is 0 Å². The van der Waals surface area contributed by atoms with Crippen LogP contribution in [0.2, 0.25) is 5.02 Å². The van der Waals surface area contributed by atoms with Gasteiger partial charge in [-0.15, -0.1) is 0 Å². The van der Waals surface area contributed by atoms with Crippen LogP contribution in [0.4, 0.5) is 0 Å². The molecule has 0 N–H and O–H groups in total. The van der Waals surface area contributed by atoms with E-state index >= 15 is 0 Å². The fraction of sp³-hybridized carbons (Fsp3) is 0.214. The van der Waals surface area contributed by atoms with Crippen LogP contribution in [0, 0.1) is 0 Å². The molecule has 1 saturated heterocycles. The minimum atomic E-state index is 0.238. The highest BCUT2D eigenvalue weighted by molar-refractivity contribution is 6.30. The molecule has 2 nitrogen and oxygen atoms in total. The second-order valence-corrected chi connectivity index (χ2v) is 8.72. The van der Waals surface area contributed by atoms with Gasteiger partial charge >= 0.3 is 0 Å². The molecule has 1 aliphatic heterocycles. The standard InChI is InChI=1S/C28H27ClN2/c29-25-15-14-24-13-12-23-10-4-5-11-26(23)28(27(24)21-25)31-19-17-30(18-20-31)16-6-9-22-7-2-1-3-8-22/h1-15,21,28H,16-20H2. The Morgan fingerprint density at radius 1 is 0.774 bits per heavy atom. The van der Waals surface area contributed by atoms with Crippen LogP contribution in [-0.2, 0) is 0 Å². The van der Waals surface area contributed by atoms with E-state index in [9.17, 15) is 0 Å². The summed E-state index contributed by atoms with van der Waals surface area (Å²) in [5.74, 6) is 0. The number of halogens is 1. The lowest BCUT2D eigenvalue weighted by atomic mass is 9.92. The molecule has 1 aliphatic carbocycles. The molecule has 31 heavy (non-hydrogen) atoms. The maximum absolute atomic E-state index is 6.43. The number of benzene rings is 3. The maximum Gasteiger partial charge on any atom is 0.0614 e. The van der Waals surface area contributed by atoms with E-state index in [0.29, 0.717) is 0 Å². The average Bonchev–Trinajstić information content (AvgIpc) is 2.97. The van der Waals surface area contributed by atoms with Crippen molar-refractivity contribution in [1.82, 2.24) is 9.80 Å². The molecule has 0 aromatic heterocycles. The Morgan fingerprint density at radius 2 is 1.48 bits per heavy atom. The summed E-state index contributed by atoms with van der Waals surface area (Å²) in [6.45, 7) is 5.23. The second-order valence-electron chi connectivity index (χ2n) is 8.29. The fourth-order valence-corrected chi connectivity index (χ4v) is 4.87. The van der Waals surface area contributed by atoms with Crippen LogP contribution in [0.1, 0.15) is 33.9 Å². The molecule has 3 aromatic rings. The first-order valence-corrected chi connectivity index (χ1v) is 11.4. The Bertz CT molecular complexity index is 1100. The van der Waals surface area contributed by atoms with Gasteiger partial charge in [-0.25, -0.2) is 0 Å². The van der Waals surface area contributed by atoms with Crippen molar-refractivity contribution >= 4 is 29.8 Å². The molecule has 3 aromatic carbocycles. The molecule has 0 saturated carbocycles. The topological polar surface area (TPSA) is 6.48 Å². The highest BCUT2D eigenvalue weighted by Gasteiger charge is 2.29. The SMILES string of the molecule is Clc1ccc2c(c1)C(N1CCN(CC=Cc3ccccc3)CC1)c1ccccc1C=C2. The summed E-state index contributed by atoms with van der Waals surface area (Å²) in [4.78, 5) is 5.16. The van der Waals surface area contributed by atoms with Gasteiger partial charge in [-0.05, 0) is 39.9 Å². The first kappa shape index (κ1) is 20.3. The largest absolute Gasteiger partial charge is 0.297 e. The summed E-state index contributed by atoms with van der Waals surface area (Å²) >= 11 is 6.43. The van der Waals surface area contributed by atoms with E-state index in [-0.39, 0.29) is 6.04 Å². The van der Waals surface area contributed by atoms with Gasteiger partial charge in [0, 0.05) is 37.7 Å². The molecular weight excluding hydrogens is 400 g/mol. The number of nitrogens with zero attached hydrogens (tertiary/aromatic N) is 2. The zero-order chi connectivity index (χ0) is 21.0. The lowest BCUT2D eigenvalue weighted by molar-refractivity contribution is 0.118. The predicted octanol–water partition coefficient (Wildman–Crippen LogP) is 6.24. The highest BCUT2D eigenvalue weighted by atomic mass is 35.5. The minimum Gasteiger partial charge on any atom is -0.297 e. The molecular formula is C28H27ClN2. The molecule has 0 spiro atoms. The zero-order valence-corrected chi connectivity index (χ0v) is 18.4. The van der Waals surface area contributed by atoms with Crippen LogP contribution < -0.4 is 0 Å². The number of hydrogen-bond donors (Lipinski definition) is 0. The summed E-state index contributed by atoms with van der Waals surface area (Å²) in [6, 6.07) is 25.8. The van der Waals surface area contributed by atoms with Crippen LogP contribution in [0.25, 0.3) is 18.2 Å². The summed E-state index contributed by atoms with van der Waals surface area (Å²) in [5, 5.41) is 0.807. The Labute approximate surface area is 190 Å². The van der Waals surface area contributed by atoms with E-state index in [4.69, 9.17) is 11.6 Å². The zero-order valence-electron chi connectivity index (χ0n) is 17.6. The van der Waals surface area contributed by atoms with Crippen LogP contribution in [-0.4, -0.2) is 42.5 Å². The highest BCUT2D eigenvalue weighted by Crippen LogP contribution is 2.38. The van der Waals surface area contributed by atoms with Gasteiger partial charge in [0.1, 0.15) is 0 Å². The van der Waals surface area contributed by atoms with Crippen molar-refractivity contribution in [2.24, 2.45) is 0 Å². The Morgan fingerprint density at radius 3 is 2.29 bits per heavy atom. The van der Waals surface area contributed by atoms with Gasteiger partial charge < -0.3 is 0 Å². The van der Waals surface area contributed by atoms with Crippen molar-refractivity contribution in [3.05, 3.63) is 112 Å². The molecule has 156 valence electrons. The van der Waals surface area contributed by atoms with E-state index in [0.717, 1.165) is 37.7 Å². The van der Waals surface area contributed by atoms with Crippen LogP contribution in [0.5, 0.6) is 0 Å². The van der Waals surface area contributed by atoms with Crippen molar-refractivity contribution in [3.63, 3.8) is 0 Å². The van der Waals surface area contributed by atoms with Crippen molar-refractivity contribution in [2.75, 3.05) is 32.7 Å². The third-order valence-corrected chi connectivity index (χ3v) is 6.56. The normalized spacial score (nSPS) is 19.2. The van der Waals surface area contributed by atoms with E-state index in [1.165, 1.54) is 27.8 Å². The van der Waals surface area contributed by atoms with Gasteiger partial charge in [0.25, 0.3) is 0 Å². The number of rotatable bonds is 4. The summed E-state index contributed by atoms with van der Waals surface area (Å²) in [6.07, 6.45) is 8.98. The third-order valence-electron chi connectivity index (χ3n) is 6.32. The first-order valence-electron chi connectivity index (χ1n) is 11.0. The lowest BCUT2D eigenvalue weighted by Crippen LogP contribution is -2.47. The molecule has 3 heteroatoms. The van der Waals surface area contributed by atoms with Crippen LogP contribution >= 0.6 is 11.6 Å². The molecule has 2 aliphatic rings. The molecule has 5 rings (SSSR count). The molecule has 0 radical (unpaired) electrons. The van der Waals surface area contributed by atoms with E-state index in [1.54, 1.807) is 0 Å². The Balaban J connectivity index is 1.33. The lowest BCUT2D eigenvalue weighted by Gasteiger charge is -2.40. The summed E-state index contributed by atoms with van der Waals surface area (Å²) in [7, 11) is 0. The quantitative estimate of drug-likeness (QED) is 0.486. The number of hydrogen-bond acceptors (Lipinski definition) is 2. The monoisotopic (exact) mass is 426 g/mol. The Hall–Kier alpha value is -2.65. The average molecular weight is 427 g/mol. The van der Waals surface area contributed by atoms with Gasteiger partial charge in [-0.1, -0.05) is 96.6 Å². The van der Waals surface area contributed by atoms with Crippen molar-refractivity contribution in [1.29, 1.82) is 0 Å². The maximum atomic E-state index is 6.43. The van der Waals surface area contributed by atoms with Gasteiger partial charge in [-0.3, -0.25) is 9.80 Å². The first-order chi connectivity index (χ1) is 15.3. The number of piperazine rings is 1. The summed E-state index contributed by atoms with van der Waals surface area (Å²) in [5.41, 5.74) is 6.51. The Kier molecular flexibility index (Phi) is 6.04. The third kappa shape index (κ3) is 4.52. The summed E-state index contributed by atoms with van der Waals surface area (Å²) < 4.78 is 0. The van der Waals surface area contributed by atoms with E-state index in [1.807, 2.05) is 6.07 Å². The molecule has 1 heterocycles. The minimum absolute atomic E-state index is 0.238. The van der Waals surface area contributed by atoms with Crippen molar-refractivity contribution in [3.8, 4) is 0 Å². The van der Waals surface area contributed by atoms with Gasteiger partial charge in [0.05, 0.1) is 6.04 Å². The van der Waals surface area contributed by atoms with Crippen molar-refractivity contribution < 1.29 is 0 Å². The fourth-order valence-electron chi connectivity index (χ4n) is 4.69. The number of fused-ring (bicyclic) bond motifs is 2. The van der Waals surface area contributed by atoms with Gasteiger partial charge in [0.15, 0.2) is 0 Å². The van der Waals surface area contributed by atoms with Crippen molar-refractivity contribution in [2.45, 2.75) is 6.04 Å². The molecule has 1 unspecified atom stereocenters. The van der Waals surface area contributed by atoms with Gasteiger partial charge in [0.2, 0.25) is 0 Å². The predicted molar refractivity (Wildman–Crippen MR) is 132 cm³/mol. The van der Waals surface area contributed by atoms with Crippen LogP contribution in [0.15, 0.2) is 78.9 Å². The smallest absolute Gasteiger partial charge is 0.0614 e. The van der Waals surface area contributed by atoms with Gasteiger partial charge in [-0.2, -0.15) is 0 Å².